The smallest absolute Gasteiger partial charge is 0.0935 e. The van der Waals surface area contributed by atoms with Gasteiger partial charge in [-0.1, -0.05) is 23.7 Å². The molecule has 0 aliphatic carbocycles. The molecular weight excluding hydrogens is 224 g/mol. The summed E-state index contributed by atoms with van der Waals surface area (Å²) in [5.41, 5.74) is 0.909. The monoisotopic (exact) mass is 236 g/mol. The topological polar surface area (TPSA) is 33.4 Å². The van der Waals surface area contributed by atoms with Crippen LogP contribution < -0.4 is 0 Å². The molecule has 0 amide bonds. The minimum atomic E-state index is -0.908. The van der Waals surface area contributed by atoms with Crippen molar-refractivity contribution in [1.82, 2.24) is 0 Å². The van der Waals surface area contributed by atoms with Gasteiger partial charge in [-0.05, 0) is 36.2 Å². The zero-order chi connectivity index (χ0) is 11.6. The van der Waals surface area contributed by atoms with Gasteiger partial charge in [0.15, 0.2) is 0 Å². The lowest BCUT2D eigenvalue weighted by molar-refractivity contribution is 0.0575. The van der Waals surface area contributed by atoms with Crippen molar-refractivity contribution < 1.29 is 9.52 Å². The highest BCUT2D eigenvalue weighted by Crippen LogP contribution is 2.26. The molecule has 0 aliphatic rings. The molecule has 0 bridgehead atoms. The predicted octanol–water partition coefficient (Wildman–Crippen LogP) is 3.38. The van der Waals surface area contributed by atoms with E-state index in [2.05, 4.69) is 0 Å². The zero-order valence-electron chi connectivity index (χ0n) is 8.98. The lowest BCUT2D eigenvalue weighted by Gasteiger charge is -2.23. The van der Waals surface area contributed by atoms with Crippen molar-refractivity contribution in [2.45, 2.75) is 18.9 Å². The van der Waals surface area contributed by atoms with Gasteiger partial charge in [-0.3, -0.25) is 0 Å². The molecule has 1 atom stereocenters. The lowest BCUT2D eigenvalue weighted by Crippen LogP contribution is -2.23. The Morgan fingerprint density at radius 3 is 2.50 bits per heavy atom. The fourth-order valence-electron chi connectivity index (χ4n) is 1.70. The second-order valence-corrected chi connectivity index (χ2v) is 4.53. The highest BCUT2D eigenvalue weighted by atomic mass is 35.5. The molecule has 0 aliphatic heterocycles. The summed E-state index contributed by atoms with van der Waals surface area (Å²) >= 11 is 5.81. The number of halogens is 1. The quantitative estimate of drug-likeness (QED) is 0.886. The normalized spacial score (nSPS) is 14.7. The highest BCUT2D eigenvalue weighted by Gasteiger charge is 2.23. The molecule has 2 rings (SSSR count). The Morgan fingerprint density at radius 2 is 1.94 bits per heavy atom. The zero-order valence-corrected chi connectivity index (χ0v) is 9.74. The summed E-state index contributed by atoms with van der Waals surface area (Å²) in [6.07, 6.45) is 3.77. The van der Waals surface area contributed by atoms with Crippen LogP contribution in [0.2, 0.25) is 5.02 Å². The van der Waals surface area contributed by atoms with Crippen molar-refractivity contribution in [2.75, 3.05) is 0 Å². The standard InChI is InChI=1S/C13H13ClO2/c1-13(15,8-10-6-7-16-9-10)11-2-4-12(14)5-3-11/h2-7,9,15H,8H2,1H3. The Morgan fingerprint density at radius 1 is 1.25 bits per heavy atom. The molecule has 2 nitrogen and oxygen atoms in total. The van der Waals surface area contributed by atoms with Crippen LogP contribution in [0.25, 0.3) is 0 Å². The first-order valence-electron chi connectivity index (χ1n) is 5.07. The van der Waals surface area contributed by atoms with Crippen molar-refractivity contribution in [3.8, 4) is 0 Å². The van der Waals surface area contributed by atoms with Crippen molar-refractivity contribution in [3.05, 3.63) is 59.0 Å². The van der Waals surface area contributed by atoms with E-state index in [4.69, 9.17) is 16.0 Å². The minimum Gasteiger partial charge on any atom is -0.472 e. The molecule has 1 heterocycles. The maximum absolute atomic E-state index is 10.4. The number of hydrogen-bond acceptors (Lipinski definition) is 2. The molecule has 0 saturated heterocycles. The molecule has 1 unspecified atom stereocenters. The Bertz CT molecular complexity index is 443. The summed E-state index contributed by atoms with van der Waals surface area (Å²) in [4.78, 5) is 0. The van der Waals surface area contributed by atoms with Crippen LogP contribution in [-0.4, -0.2) is 5.11 Å². The molecule has 84 valence electrons. The van der Waals surface area contributed by atoms with Crippen LogP contribution in [0, 0.1) is 0 Å². The van der Waals surface area contributed by atoms with Gasteiger partial charge in [0.25, 0.3) is 0 Å². The third-order valence-electron chi connectivity index (χ3n) is 2.59. The van der Waals surface area contributed by atoms with Gasteiger partial charge in [-0.25, -0.2) is 0 Å². The second kappa shape index (κ2) is 4.32. The molecule has 1 aromatic carbocycles. The van der Waals surface area contributed by atoms with Gasteiger partial charge in [-0.2, -0.15) is 0 Å². The van der Waals surface area contributed by atoms with Crippen molar-refractivity contribution in [2.24, 2.45) is 0 Å². The maximum atomic E-state index is 10.4. The summed E-state index contributed by atoms with van der Waals surface area (Å²) in [6, 6.07) is 9.08. The fraction of sp³-hybridized carbons (Fsp3) is 0.231. The first-order valence-corrected chi connectivity index (χ1v) is 5.45. The molecule has 16 heavy (non-hydrogen) atoms. The van der Waals surface area contributed by atoms with Crippen LogP contribution in [0.5, 0.6) is 0 Å². The first kappa shape index (κ1) is 11.2. The van der Waals surface area contributed by atoms with Crippen LogP contribution in [0.3, 0.4) is 0 Å². The van der Waals surface area contributed by atoms with Gasteiger partial charge in [0.1, 0.15) is 0 Å². The molecule has 3 heteroatoms. The van der Waals surface area contributed by atoms with Gasteiger partial charge in [-0.15, -0.1) is 0 Å². The predicted molar refractivity (Wildman–Crippen MR) is 63.4 cm³/mol. The van der Waals surface area contributed by atoms with Crippen LogP contribution >= 0.6 is 11.6 Å². The van der Waals surface area contributed by atoms with Crippen molar-refractivity contribution in [1.29, 1.82) is 0 Å². The molecule has 1 aromatic heterocycles. The number of hydrogen-bond donors (Lipinski definition) is 1. The summed E-state index contributed by atoms with van der Waals surface area (Å²) < 4.78 is 4.98. The number of rotatable bonds is 3. The Labute approximate surface area is 99.5 Å². The third kappa shape index (κ3) is 2.46. The first-order chi connectivity index (χ1) is 7.58. The van der Waals surface area contributed by atoms with E-state index >= 15 is 0 Å². The van der Waals surface area contributed by atoms with Crippen LogP contribution in [0.4, 0.5) is 0 Å². The van der Waals surface area contributed by atoms with Gasteiger partial charge in [0.2, 0.25) is 0 Å². The lowest BCUT2D eigenvalue weighted by atomic mass is 9.90. The van der Waals surface area contributed by atoms with Crippen LogP contribution in [0.15, 0.2) is 47.3 Å². The summed E-state index contributed by atoms with van der Waals surface area (Å²) in [5, 5.41) is 11.0. The van der Waals surface area contributed by atoms with Gasteiger partial charge >= 0.3 is 0 Å². The van der Waals surface area contributed by atoms with Crippen molar-refractivity contribution >= 4 is 11.6 Å². The molecular formula is C13H13ClO2. The van der Waals surface area contributed by atoms with E-state index in [9.17, 15) is 5.11 Å². The molecule has 2 aromatic rings. The van der Waals surface area contributed by atoms with E-state index in [1.54, 1.807) is 31.6 Å². The molecule has 0 spiro atoms. The molecule has 0 saturated carbocycles. The minimum absolute atomic E-state index is 0.519. The SMILES string of the molecule is CC(O)(Cc1ccoc1)c1ccc(Cl)cc1. The van der Waals surface area contributed by atoms with Gasteiger partial charge in [0.05, 0.1) is 18.1 Å². The second-order valence-electron chi connectivity index (χ2n) is 4.09. The summed E-state index contributed by atoms with van der Waals surface area (Å²) in [5.74, 6) is 0. The number of aliphatic hydroxyl groups is 1. The number of furan rings is 1. The average Bonchev–Trinajstić information content (AvgIpc) is 2.70. The van der Waals surface area contributed by atoms with Gasteiger partial charge < -0.3 is 9.52 Å². The van der Waals surface area contributed by atoms with E-state index in [1.165, 1.54) is 0 Å². The van der Waals surface area contributed by atoms with Crippen LogP contribution in [0.1, 0.15) is 18.1 Å². The molecule has 1 N–H and O–H groups in total. The third-order valence-corrected chi connectivity index (χ3v) is 2.85. The molecule has 0 radical (unpaired) electrons. The molecule has 0 fully saturated rings. The van der Waals surface area contributed by atoms with E-state index in [0.717, 1.165) is 11.1 Å². The van der Waals surface area contributed by atoms with E-state index in [-0.39, 0.29) is 0 Å². The Balaban J connectivity index is 2.21. The number of benzene rings is 1. The maximum Gasteiger partial charge on any atom is 0.0935 e. The summed E-state index contributed by atoms with van der Waals surface area (Å²) in [6.45, 7) is 1.78. The van der Waals surface area contributed by atoms with Crippen LogP contribution in [-0.2, 0) is 12.0 Å². The Hall–Kier alpha value is -1.25. The van der Waals surface area contributed by atoms with E-state index < -0.39 is 5.60 Å². The van der Waals surface area contributed by atoms with E-state index in [1.807, 2.05) is 18.2 Å². The Kier molecular flexibility index (Phi) is 3.03. The largest absolute Gasteiger partial charge is 0.472 e. The van der Waals surface area contributed by atoms with E-state index in [0.29, 0.717) is 11.4 Å². The van der Waals surface area contributed by atoms with Crippen molar-refractivity contribution in [3.63, 3.8) is 0 Å². The highest BCUT2D eigenvalue weighted by molar-refractivity contribution is 6.30. The van der Waals surface area contributed by atoms with Gasteiger partial charge in [0, 0.05) is 11.4 Å². The summed E-state index contributed by atoms with van der Waals surface area (Å²) in [7, 11) is 0. The fourth-order valence-corrected chi connectivity index (χ4v) is 1.83. The average molecular weight is 237 g/mol.